The first-order valence-electron chi connectivity index (χ1n) is 12.9. The van der Waals surface area contributed by atoms with E-state index in [1.54, 1.807) is 0 Å². The van der Waals surface area contributed by atoms with Crippen molar-refractivity contribution in [2.24, 2.45) is 5.92 Å². The van der Waals surface area contributed by atoms with E-state index in [9.17, 15) is 0 Å². The Morgan fingerprint density at radius 3 is 2.47 bits per heavy atom. The van der Waals surface area contributed by atoms with Crippen LogP contribution in [0.1, 0.15) is 36.9 Å². The van der Waals surface area contributed by atoms with Crippen molar-refractivity contribution in [2.75, 3.05) is 33.3 Å². The third-order valence-electron chi connectivity index (χ3n) is 6.61. The molecule has 8 nitrogen and oxygen atoms in total. The Hall–Kier alpha value is -3.80. The van der Waals surface area contributed by atoms with Crippen LogP contribution in [0.25, 0.3) is 10.9 Å². The van der Waals surface area contributed by atoms with E-state index in [2.05, 4.69) is 75.3 Å². The van der Waals surface area contributed by atoms with Gasteiger partial charge in [-0.25, -0.2) is 9.59 Å². The van der Waals surface area contributed by atoms with Gasteiger partial charge in [-0.3, -0.25) is 9.80 Å². The lowest BCUT2D eigenvalue weighted by Gasteiger charge is -2.32. The Morgan fingerprint density at radius 1 is 1.11 bits per heavy atom. The van der Waals surface area contributed by atoms with Gasteiger partial charge < -0.3 is 19.9 Å². The van der Waals surface area contributed by atoms with Crippen molar-refractivity contribution in [3.8, 4) is 18.1 Å². The number of aliphatic carboxylic acids is 2. The first-order valence-corrected chi connectivity index (χ1v) is 12.9. The third kappa shape index (κ3) is 9.58. The molecule has 0 saturated carbocycles. The molecule has 0 aliphatic carbocycles. The number of benzene rings is 2. The zero-order valence-corrected chi connectivity index (χ0v) is 21.9. The number of nitrogens with one attached hydrogen (secondary N) is 1. The Balaban J connectivity index is 0.000000599. The largest absolute Gasteiger partial charge is 0.494 e. The van der Waals surface area contributed by atoms with Crippen LogP contribution in [0.5, 0.6) is 5.75 Å². The molecule has 4 rings (SSSR count). The molecule has 3 N–H and O–H groups in total. The Morgan fingerprint density at radius 2 is 1.82 bits per heavy atom. The summed E-state index contributed by atoms with van der Waals surface area (Å²) in [5.41, 5.74) is 3.74. The number of carboxylic acid groups (broad SMARTS) is 2. The van der Waals surface area contributed by atoms with E-state index < -0.39 is 11.9 Å². The van der Waals surface area contributed by atoms with Gasteiger partial charge in [0.25, 0.3) is 0 Å². The Bertz CT molecular complexity index is 1200. The summed E-state index contributed by atoms with van der Waals surface area (Å²) >= 11 is 0. The zero-order chi connectivity index (χ0) is 27.3. The number of H-pyrrole nitrogens is 1. The molecule has 1 saturated heterocycles. The number of carboxylic acids is 2. The molecule has 202 valence electrons. The van der Waals surface area contributed by atoms with Gasteiger partial charge in [0, 0.05) is 29.7 Å². The van der Waals surface area contributed by atoms with Gasteiger partial charge in [-0.1, -0.05) is 36.3 Å². The number of aromatic amines is 1. The number of hydrogen-bond donors (Lipinski definition) is 3. The molecule has 2 heterocycles. The Labute approximate surface area is 224 Å². The third-order valence-corrected chi connectivity index (χ3v) is 6.61. The number of terminal acetylenes is 1. The van der Waals surface area contributed by atoms with Crippen LogP contribution in [0.3, 0.4) is 0 Å². The van der Waals surface area contributed by atoms with Gasteiger partial charge in [0.1, 0.15) is 5.75 Å². The van der Waals surface area contributed by atoms with Crippen LogP contribution in [0, 0.1) is 18.3 Å². The van der Waals surface area contributed by atoms with E-state index in [0.717, 1.165) is 43.3 Å². The number of rotatable bonds is 10. The minimum Gasteiger partial charge on any atom is -0.494 e. The lowest BCUT2D eigenvalue weighted by molar-refractivity contribution is -0.159. The van der Waals surface area contributed by atoms with E-state index in [1.807, 2.05) is 7.05 Å². The van der Waals surface area contributed by atoms with Crippen molar-refractivity contribution in [3.63, 3.8) is 0 Å². The molecule has 1 aliphatic heterocycles. The second-order valence-electron chi connectivity index (χ2n) is 9.73. The lowest BCUT2D eigenvalue weighted by atomic mass is 9.92. The maximum absolute atomic E-state index is 9.10. The summed E-state index contributed by atoms with van der Waals surface area (Å²) in [7, 11) is 2.03. The standard InChI is InChI=1S/C28H35N3O.C2H2O4/c1-3-15-30(2)22-26-19-25-20-27(11-12-28(25)29-26)32-18-7-10-23-13-16-31(17-14-23)21-24-8-5-4-6-9-24;3-1(4)2(5)6/h1,4-6,8-9,11-12,19-20,23,29H,7,10,13-18,21-22H2,2H3;(H,3,4)(H,5,6). The summed E-state index contributed by atoms with van der Waals surface area (Å²) in [5.74, 6) is 0.826. The van der Waals surface area contributed by atoms with Gasteiger partial charge in [-0.05, 0) is 81.6 Å². The summed E-state index contributed by atoms with van der Waals surface area (Å²) < 4.78 is 6.07. The lowest BCUT2D eigenvalue weighted by Crippen LogP contribution is -2.33. The number of hydrogen-bond acceptors (Lipinski definition) is 5. The van der Waals surface area contributed by atoms with Crippen LogP contribution in [-0.2, 0) is 22.7 Å². The molecule has 0 bridgehead atoms. The maximum Gasteiger partial charge on any atom is 0.414 e. The molecule has 0 unspecified atom stereocenters. The van der Waals surface area contributed by atoms with Crippen molar-refractivity contribution in [2.45, 2.75) is 38.8 Å². The molecular formula is C30H37N3O5. The topological polar surface area (TPSA) is 106 Å². The van der Waals surface area contributed by atoms with Crippen LogP contribution in [0.2, 0.25) is 0 Å². The first kappa shape index (κ1) is 28.8. The smallest absolute Gasteiger partial charge is 0.414 e. The second kappa shape index (κ2) is 14.8. The summed E-state index contributed by atoms with van der Waals surface area (Å²) in [5, 5.41) is 16.0. The highest BCUT2D eigenvalue weighted by atomic mass is 16.5. The van der Waals surface area contributed by atoms with Crippen LogP contribution < -0.4 is 4.74 Å². The Kier molecular flexibility index (Phi) is 11.2. The molecule has 38 heavy (non-hydrogen) atoms. The van der Waals surface area contributed by atoms with E-state index >= 15 is 0 Å². The van der Waals surface area contributed by atoms with E-state index in [4.69, 9.17) is 31.0 Å². The van der Waals surface area contributed by atoms with Crippen molar-refractivity contribution in [1.82, 2.24) is 14.8 Å². The molecule has 1 aliphatic rings. The molecule has 0 spiro atoms. The van der Waals surface area contributed by atoms with Crippen LogP contribution in [-0.4, -0.2) is 70.2 Å². The maximum atomic E-state index is 9.10. The van der Waals surface area contributed by atoms with Crippen molar-refractivity contribution in [1.29, 1.82) is 0 Å². The number of aromatic nitrogens is 1. The van der Waals surface area contributed by atoms with Gasteiger partial charge in [0.2, 0.25) is 0 Å². The predicted octanol–water partition coefficient (Wildman–Crippen LogP) is 4.46. The minimum absolute atomic E-state index is 0.649. The van der Waals surface area contributed by atoms with Crippen LogP contribution in [0.15, 0.2) is 54.6 Å². The fraction of sp³-hybridized carbons (Fsp3) is 0.400. The van der Waals surface area contributed by atoms with Gasteiger partial charge in [0.15, 0.2) is 0 Å². The highest BCUT2D eigenvalue weighted by Crippen LogP contribution is 2.25. The van der Waals surface area contributed by atoms with Gasteiger partial charge >= 0.3 is 11.9 Å². The van der Waals surface area contributed by atoms with E-state index in [0.29, 0.717) is 6.54 Å². The normalized spacial score (nSPS) is 14.0. The van der Waals surface area contributed by atoms with Crippen LogP contribution in [0.4, 0.5) is 0 Å². The number of carbonyl (C=O) groups is 2. The molecule has 0 amide bonds. The summed E-state index contributed by atoms with van der Waals surface area (Å²) in [6, 6.07) is 19.3. The minimum atomic E-state index is -1.82. The quantitative estimate of drug-likeness (QED) is 0.206. The highest BCUT2D eigenvalue weighted by Gasteiger charge is 2.19. The molecule has 3 aromatic rings. The number of likely N-dealkylation sites (tertiary alicyclic amines) is 1. The first-order chi connectivity index (χ1) is 18.3. The van der Waals surface area contributed by atoms with Gasteiger partial charge in [0.05, 0.1) is 13.2 Å². The number of nitrogens with zero attached hydrogens (tertiary/aromatic N) is 2. The van der Waals surface area contributed by atoms with Gasteiger partial charge in [-0.15, -0.1) is 6.42 Å². The molecule has 0 atom stereocenters. The summed E-state index contributed by atoms with van der Waals surface area (Å²) in [6.45, 7) is 5.76. The average molecular weight is 520 g/mol. The predicted molar refractivity (Wildman–Crippen MR) is 148 cm³/mol. The molecule has 1 aromatic heterocycles. The molecule has 2 aromatic carbocycles. The van der Waals surface area contributed by atoms with Crippen molar-refractivity contribution < 1.29 is 24.5 Å². The van der Waals surface area contributed by atoms with E-state index in [1.165, 1.54) is 49.0 Å². The van der Waals surface area contributed by atoms with Gasteiger partial charge in [-0.2, -0.15) is 0 Å². The summed E-state index contributed by atoms with van der Waals surface area (Å²) in [6.07, 6.45) is 10.4. The average Bonchev–Trinajstić information content (AvgIpc) is 3.30. The molecule has 0 radical (unpaired) electrons. The summed E-state index contributed by atoms with van der Waals surface area (Å²) in [4.78, 5) is 26.4. The fourth-order valence-corrected chi connectivity index (χ4v) is 4.69. The number of fused-ring (bicyclic) bond motifs is 1. The highest BCUT2D eigenvalue weighted by molar-refractivity contribution is 6.27. The number of ether oxygens (including phenoxy) is 1. The van der Waals surface area contributed by atoms with Crippen LogP contribution >= 0.6 is 0 Å². The van der Waals surface area contributed by atoms with E-state index in [-0.39, 0.29) is 0 Å². The molecule has 1 fully saturated rings. The zero-order valence-electron chi connectivity index (χ0n) is 21.9. The molecular weight excluding hydrogens is 482 g/mol. The number of piperidine rings is 1. The fourth-order valence-electron chi connectivity index (χ4n) is 4.69. The SMILES string of the molecule is C#CCN(C)Cc1cc2cc(OCCCC3CCN(Cc4ccccc4)CC3)ccc2[nH]1.O=C(O)C(=O)O. The van der Waals surface area contributed by atoms with Crippen molar-refractivity contribution >= 4 is 22.8 Å². The monoisotopic (exact) mass is 519 g/mol. The molecule has 8 heteroatoms. The second-order valence-corrected chi connectivity index (χ2v) is 9.73. The van der Waals surface area contributed by atoms with Crippen molar-refractivity contribution in [3.05, 3.63) is 65.9 Å².